The molecule has 0 spiro atoms. The van der Waals surface area contributed by atoms with Crippen molar-refractivity contribution in [3.63, 3.8) is 0 Å². The SMILES string of the molecule is C=C(O)CC1(CC(C)CC)CCC1. The highest BCUT2D eigenvalue weighted by Crippen LogP contribution is 2.50. The Morgan fingerprint density at radius 1 is 1.54 bits per heavy atom. The molecule has 13 heavy (non-hydrogen) atoms. The minimum Gasteiger partial charge on any atom is -0.513 e. The zero-order valence-electron chi connectivity index (χ0n) is 8.97. The zero-order valence-corrected chi connectivity index (χ0v) is 8.97. The third-order valence-electron chi connectivity index (χ3n) is 3.47. The van der Waals surface area contributed by atoms with Crippen LogP contribution in [-0.4, -0.2) is 5.11 Å². The molecule has 1 saturated carbocycles. The lowest BCUT2D eigenvalue weighted by Gasteiger charge is -2.43. The summed E-state index contributed by atoms with van der Waals surface area (Å²) in [4.78, 5) is 0. The molecule has 1 fully saturated rings. The second-order valence-corrected chi connectivity index (χ2v) is 4.81. The normalized spacial score (nSPS) is 22.0. The fourth-order valence-electron chi connectivity index (χ4n) is 2.45. The van der Waals surface area contributed by atoms with Crippen LogP contribution in [0, 0.1) is 11.3 Å². The van der Waals surface area contributed by atoms with Crippen molar-refractivity contribution in [2.75, 3.05) is 0 Å². The van der Waals surface area contributed by atoms with Crippen molar-refractivity contribution >= 4 is 0 Å². The minimum atomic E-state index is 0.378. The molecule has 1 atom stereocenters. The first-order valence-corrected chi connectivity index (χ1v) is 5.45. The van der Waals surface area contributed by atoms with Crippen molar-refractivity contribution < 1.29 is 5.11 Å². The molecule has 0 aliphatic heterocycles. The third-order valence-corrected chi connectivity index (χ3v) is 3.47. The van der Waals surface area contributed by atoms with Crippen LogP contribution in [-0.2, 0) is 0 Å². The van der Waals surface area contributed by atoms with E-state index in [2.05, 4.69) is 20.4 Å². The van der Waals surface area contributed by atoms with Gasteiger partial charge in [-0.05, 0) is 30.6 Å². The summed E-state index contributed by atoms with van der Waals surface area (Å²) in [5.74, 6) is 1.17. The quantitative estimate of drug-likeness (QED) is 0.636. The lowest BCUT2D eigenvalue weighted by molar-refractivity contribution is 0.0813. The molecule has 0 aromatic carbocycles. The standard InChI is InChI=1S/C12H22O/c1-4-10(2)8-12(6-5-7-12)9-11(3)13/h10,13H,3-9H2,1-2H3. The van der Waals surface area contributed by atoms with Crippen LogP contribution in [0.25, 0.3) is 0 Å². The van der Waals surface area contributed by atoms with Gasteiger partial charge in [-0.25, -0.2) is 0 Å². The molecule has 1 heteroatoms. The molecule has 1 nitrogen and oxygen atoms in total. The van der Waals surface area contributed by atoms with E-state index in [0.29, 0.717) is 11.2 Å². The van der Waals surface area contributed by atoms with Gasteiger partial charge in [0.15, 0.2) is 0 Å². The van der Waals surface area contributed by atoms with Crippen LogP contribution in [0.1, 0.15) is 52.4 Å². The number of rotatable bonds is 5. The van der Waals surface area contributed by atoms with Gasteiger partial charge in [-0.3, -0.25) is 0 Å². The van der Waals surface area contributed by atoms with E-state index in [1.54, 1.807) is 0 Å². The van der Waals surface area contributed by atoms with Crippen molar-refractivity contribution in [1.82, 2.24) is 0 Å². The van der Waals surface area contributed by atoms with Crippen LogP contribution in [0.3, 0.4) is 0 Å². The van der Waals surface area contributed by atoms with Gasteiger partial charge in [0.05, 0.1) is 5.76 Å². The van der Waals surface area contributed by atoms with Crippen molar-refractivity contribution in [1.29, 1.82) is 0 Å². The molecule has 1 aliphatic rings. The van der Waals surface area contributed by atoms with Gasteiger partial charge < -0.3 is 5.11 Å². The van der Waals surface area contributed by atoms with Crippen LogP contribution in [0.5, 0.6) is 0 Å². The fourth-order valence-corrected chi connectivity index (χ4v) is 2.45. The topological polar surface area (TPSA) is 20.2 Å². The molecular formula is C12H22O. The number of hydrogen-bond donors (Lipinski definition) is 1. The molecule has 1 rings (SSSR count). The van der Waals surface area contributed by atoms with Crippen LogP contribution in [0.2, 0.25) is 0 Å². The predicted molar refractivity (Wildman–Crippen MR) is 56.7 cm³/mol. The Labute approximate surface area is 81.9 Å². The summed E-state index contributed by atoms with van der Waals surface area (Å²) in [5, 5.41) is 9.24. The Balaban J connectivity index is 2.44. The first-order valence-electron chi connectivity index (χ1n) is 5.45. The van der Waals surface area contributed by atoms with E-state index in [9.17, 15) is 5.11 Å². The number of allylic oxidation sites excluding steroid dienone is 1. The molecule has 1 unspecified atom stereocenters. The van der Waals surface area contributed by atoms with Crippen LogP contribution in [0.15, 0.2) is 12.3 Å². The van der Waals surface area contributed by atoms with Crippen molar-refractivity contribution in [3.05, 3.63) is 12.3 Å². The van der Waals surface area contributed by atoms with Crippen LogP contribution in [0.4, 0.5) is 0 Å². The van der Waals surface area contributed by atoms with E-state index in [4.69, 9.17) is 0 Å². The highest BCUT2D eigenvalue weighted by molar-refractivity contribution is 4.97. The highest BCUT2D eigenvalue weighted by Gasteiger charge is 2.37. The molecule has 1 N–H and O–H groups in total. The molecule has 0 aromatic rings. The van der Waals surface area contributed by atoms with Crippen molar-refractivity contribution in [2.45, 2.75) is 52.4 Å². The number of aliphatic hydroxyl groups excluding tert-OH is 1. The van der Waals surface area contributed by atoms with E-state index in [0.717, 1.165) is 12.3 Å². The second kappa shape index (κ2) is 4.17. The summed E-state index contributed by atoms with van der Waals surface area (Å²) in [6.45, 7) is 8.16. The maximum absolute atomic E-state index is 9.24. The Hall–Kier alpha value is -0.460. The summed E-state index contributed by atoms with van der Waals surface area (Å²) in [6.07, 6.45) is 7.26. The largest absolute Gasteiger partial charge is 0.513 e. The predicted octanol–water partition coefficient (Wildman–Crippen LogP) is 4.05. The first-order chi connectivity index (χ1) is 6.08. The Morgan fingerprint density at radius 2 is 2.15 bits per heavy atom. The summed E-state index contributed by atoms with van der Waals surface area (Å²) in [6, 6.07) is 0. The molecule has 76 valence electrons. The van der Waals surface area contributed by atoms with Gasteiger partial charge in [0, 0.05) is 6.42 Å². The van der Waals surface area contributed by atoms with Gasteiger partial charge in [0.2, 0.25) is 0 Å². The van der Waals surface area contributed by atoms with Crippen LogP contribution < -0.4 is 0 Å². The summed E-state index contributed by atoms with van der Waals surface area (Å²) in [5.41, 5.74) is 0.418. The summed E-state index contributed by atoms with van der Waals surface area (Å²) >= 11 is 0. The van der Waals surface area contributed by atoms with Gasteiger partial charge in [-0.1, -0.05) is 33.3 Å². The zero-order chi connectivity index (χ0) is 9.90. The molecule has 0 amide bonds. The Bertz CT molecular complexity index is 180. The average Bonchev–Trinajstić information content (AvgIpc) is 1.99. The molecule has 1 aliphatic carbocycles. The second-order valence-electron chi connectivity index (χ2n) is 4.81. The molecule has 0 aromatic heterocycles. The van der Waals surface area contributed by atoms with Crippen LogP contribution >= 0.6 is 0 Å². The van der Waals surface area contributed by atoms with Crippen molar-refractivity contribution in [2.24, 2.45) is 11.3 Å². The fraction of sp³-hybridized carbons (Fsp3) is 0.833. The Kier molecular flexibility index (Phi) is 3.40. The lowest BCUT2D eigenvalue weighted by atomic mass is 9.62. The monoisotopic (exact) mass is 182 g/mol. The number of aliphatic hydroxyl groups is 1. The number of hydrogen-bond acceptors (Lipinski definition) is 1. The van der Waals surface area contributed by atoms with Gasteiger partial charge in [0.25, 0.3) is 0 Å². The molecule has 0 bridgehead atoms. The van der Waals surface area contributed by atoms with E-state index in [1.165, 1.54) is 32.1 Å². The van der Waals surface area contributed by atoms with Gasteiger partial charge >= 0.3 is 0 Å². The summed E-state index contributed by atoms with van der Waals surface area (Å²) in [7, 11) is 0. The van der Waals surface area contributed by atoms with E-state index in [-0.39, 0.29) is 0 Å². The van der Waals surface area contributed by atoms with Gasteiger partial charge in [0.1, 0.15) is 0 Å². The maximum atomic E-state index is 9.24. The Morgan fingerprint density at radius 3 is 2.46 bits per heavy atom. The molecule has 0 heterocycles. The van der Waals surface area contributed by atoms with E-state index >= 15 is 0 Å². The van der Waals surface area contributed by atoms with Gasteiger partial charge in [-0.2, -0.15) is 0 Å². The van der Waals surface area contributed by atoms with E-state index in [1.807, 2.05) is 0 Å². The molecular weight excluding hydrogens is 160 g/mol. The van der Waals surface area contributed by atoms with E-state index < -0.39 is 0 Å². The average molecular weight is 182 g/mol. The lowest BCUT2D eigenvalue weighted by Crippen LogP contribution is -2.31. The highest BCUT2D eigenvalue weighted by atomic mass is 16.3. The maximum Gasteiger partial charge on any atom is 0.0856 e. The smallest absolute Gasteiger partial charge is 0.0856 e. The minimum absolute atomic E-state index is 0.378. The van der Waals surface area contributed by atoms with Gasteiger partial charge in [-0.15, -0.1) is 0 Å². The molecule has 0 radical (unpaired) electrons. The molecule has 0 saturated heterocycles. The van der Waals surface area contributed by atoms with Crippen molar-refractivity contribution in [3.8, 4) is 0 Å². The first kappa shape index (κ1) is 10.6. The third kappa shape index (κ3) is 2.75. The summed E-state index contributed by atoms with van der Waals surface area (Å²) < 4.78 is 0.